The maximum absolute atomic E-state index is 4.90. The van der Waals surface area contributed by atoms with E-state index in [-0.39, 0.29) is 0 Å². The first-order valence-corrected chi connectivity index (χ1v) is 8.43. The van der Waals surface area contributed by atoms with Crippen molar-refractivity contribution in [3.63, 3.8) is 0 Å². The van der Waals surface area contributed by atoms with E-state index in [1.807, 2.05) is 0 Å². The number of nitrogens with zero attached hydrogens (tertiary/aromatic N) is 2. The van der Waals surface area contributed by atoms with E-state index in [1.54, 1.807) is 0 Å². The molecule has 1 aromatic heterocycles. The number of hydrogen-bond donors (Lipinski definition) is 0. The molecule has 0 radical (unpaired) electrons. The Labute approximate surface area is 137 Å². The van der Waals surface area contributed by atoms with Crippen LogP contribution in [0.5, 0.6) is 0 Å². The zero-order valence-corrected chi connectivity index (χ0v) is 13.6. The predicted molar refractivity (Wildman–Crippen MR) is 95.6 cm³/mol. The third-order valence-corrected chi connectivity index (χ3v) is 4.78. The fraction of sp³-hybridized carbons (Fsp3) is 0.286. The third kappa shape index (κ3) is 3.13. The van der Waals surface area contributed by atoms with E-state index in [0.29, 0.717) is 0 Å². The van der Waals surface area contributed by atoms with E-state index >= 15 is 0 Å². The first-order valence-electron chi connectivity index (χ1n) is 8.43. The zero-order chi connectivity index (χ0) is 15.6. The Morgan fingerprint density at radius 2 is 1.74 bits per heavy atom. The Hall–Kier alpha value is -2.19. The minimum absolute atomic E-state index is 1.04. The van der Waals surface area contributed by atoms with Crippen LogP contribution in [0.1, 0.15) is 22.4 Å². The Morgan fingerprint density at radius 1 is 0.957 bits per heavy atom. The van der Waals surface area contributed by atoms with Gasteiger partial charge in [-0.05, 0) is 36.6 Å². The normalized spacial score (nSPS) is 15.3. The molecule has 2 heteroatoms. The van der Waals surface area contributed by atoms with Crippen LogP contribution in [0.2, 0.25) is 0 Å². The summed E-state index contributed by atoms with van der Waals surface area (Å²) in [5.41, 5.74) is 6.57. The molecule has 0 fully saturated rings. The molecule has 0 aliphatic carbocycles. The lowest BCUT2D eigenvalue weighted by Crippen LogP contribution is -2.25. The lowest BCUT2D eigenvalue weighted by atomic mass is 10.1. The summed E-state index contributed by atoms with van der Waals surface area (Å²) in [4.78, 5) is 7.45. The molecule has 23 heavy (non-hydrogen) atoms. The van der Waals surface area contributed by atoms with Crippen molar-refractivity contribution >= 4 is 10.9 Å². The summed E-state index contributed by atoms with van der Waals surface area (Å²) in [6.07, 6.45) is 2.14. The molecule has 0 unspecified atom stereocenters. The van der Waals surface area contributed by atoms with E-state index in [0.717, 1.165) is 38.0 Å². The van der Waals surface area contributed by atoms with Crippen molar-refractivity contribution in [1.29, 1.82) is 0 Å². The molecule has 2 heterocycles. The average molecular weight is 302 g/mol. The van der Waals surface area contributed by atoms with Gasteiger partial charge in [-0.25, -0.2) is 0 Å². The van der Waals surface area contributed by atoms with Gasteiger partial charge in [-0.3, -0.25) is 9.88 Å². The molecular weight excluding hydrogens is 280 g/mol. The number of benzene rings is 2. The van der Waals surface area contributed by atoms with Crippen molar-refractivity contribution in [2.75, 3.05) is 13.1 Å². The van der Waals surface area contributed by atoms with Gasteiger partial charge in [0.2, 0.25) is 0 Å². The quantitative estimate of drug-likeness (QED) is 0.707. The Balaban J connectivity index is 1.53. The molecule has 0 atom stereocenters. The second-order valence-electron chi connectivity index (χ2n) is 6.55. The monoisotopic (exact) mass is 302 g/mol. The average Bonchev–Trinajstić information content (AvgIpc) is 2.77. The molecule has 0 amide bonds. The predicted octanol–water partition coefficient (Wildman–Crippen LogP) is 4.14. The lowest BCUT2D eigenvalue weighted by Gasteiger charge is -2.19. The van der Waals surface area contributed by atoms with Gasteiger partial charge in [-0.2, -0.15) is 0 Å². The molecule has 0 bridgehead atoms. The number of fused-ring (bicyclic) bond motifs is 2. The summed E-state index contributed by atoms with van der Waals surface area (Å²) >= 11 is 0. The van der Waals surface area contributed by atoms with Crippen molar-refractivity contribution in [3.05, 3.63) is 77.0 Å². The van der Waals surface area contributed by atoms with Gasteiger partial charge in [0.25, 0.3) is 0 Å². The van der Waals surface area contributed by atoms with Crippen LogP contribution < -0.4 is 0 Å². The number of rotatable bonds is 2. The smallest absolute Gasteiger partial charge is 0.0705 e. The van der Waals surface area contributed by atoms with Crippen molar-refractivity contribution in [1.82, 2.24) is 9.88 Å². The summed E-state index contributed by atoms with van der Waals surface area (Å²) in [7, 11) is 0. The summed E-state index contributed by atoms with van der Waals surface area (Å²) in [5, 5.41) is 1.26. The summed E-state index contributed by atoms with van der Waals surface area (Å²) in [6, 6.07) is 19.7. The van der Waals surface area contributed by atoms with Crippen molar-refractivity contribution in [2.24, 2.45) is 0 Å². The zero-order valence-electron chi connectivity index (χ0n) is 13.6. The van der Waals surface area contributed by atoms with Crippen molar-refractivity contribution < 1.29 is 0 Å². The highest BCUT2D eigenvalue weighted by molar-refractivity contribution is 5.79. The summed E-state index contributed by atoms with van der Waals surface area (Å²) < 4.78 is 0. The van der Waals surface area contributed by atoms with E-state index in [1.165, 1.54) is 27.8 Å². The fourth-order valence-electron chi connectivity index (χ4n) is 3.40. The minimum atomic E-state index is 1.04. The van der Waals surface area contributed by atoms with Gasteiger partial charge in [0.15, 0.2) is 0 Å². The molecular formula is C21H22N2. The third-order valence-electron chi connectivity index (χ3n) is 4.78. The first-order chi connectivity index (χ1) is 11.3. The second-order valence-corrected chi connectivity index (χ2v) is 6.55. The molecule has 3 aromatic rings. The number of aromatic nitrogens is 1. The maximum Gasteiger partial charge on any atom is 0.0705 e. The molecule has 0 spiro atoms. The van der Waals surface area contributed by atoms with Gasteiger partial charge in [0.1, 0.15) is 0 Å². The Morgan fingerprint density at radius 3 is 2.61 bits per heavy atom. The van der Waals surface area contributed by atoms with E-state index in [2.05, 4.69) is 66.4 Å². The summed E-state index contributed by atoms with van der Waals surface area (Å²) in [6.45, 7) is 5.38. The van der Waals surface area contributed by atoms with Crippen LogP contribution in [0.15, 0.2) is 54.6 Å². The molecule has 1 aliphatic heterocycles. The van der Waals surface area contributed by atoms with Crippen molar-refractivity contribution in [3.8, 4) is 0 Å². The van der Waals surface area contributed by atoms with Crippen LogP contribution in [-0.2, 0) is 19.4 Å². The molecule has 1 aliphatic rings. The number of hydrogen-bond acceptors (Lipinski definition) is 2. The lowest BCUT2D eigenvalue weighted by molar-refractivity contribution is 0.279. The van der Waals surface area contributed by atoms with Gasteiger partial charge in [-0.1, -0.05) is 48.0 Å². The highest BCUT2D eigenvalue weighted by atomic mass is 15.1. The molecule has 0 saturated heterocycles. The topological polar surface area (TPSA) is 16.1 Å². The molecule has 0 saturated carbocycles. The SMILES string of the molecule is Cc1ccc(CN2CCc3cc4ccccc4nc3CC2)cc1. The van der Waals surface area contributed by atoms with Crippen LogP contribution in [-0.4, -0.2) is 23.0 Å². The standard InChI is InChI=1S/C21H22N2/c1-16-6-8-17(9-7-16)15-23-12-10-19-14-18-4-2-3-5-20(18)22-21(19)11-13-23/h2-9,14H,10-13,15H2,1H3. The van der Waals surface area contributed by atoms with Gasteiger partial charge >= 0.3 is 0 Å². The van der Waals surface area contributed by atoms with Gasteiger partial charge in [-0.15, -0.1) is 0 Å². The van der Waals surface area contributed by atoms with Gasteiger partial charge in [0.05, 0.1) is 5.52 Å². The minimum Gasteiger partial charge on any atom is -0.298 e. The Bertz CT molecular complexity index is 774. The first kappa shape index (κ1) is 14.4. The highest BCUT2D eigenvalue weighted by Gasteiger charge is 2.16. The van der Waals surface area contributed by atoms with Crippen LogP contribution in [0.25, 0.3) is 10.9 Å². The van der Waals surface area contributed by atoms with Gasteiger partial charge in [0, 0.05) is 37.1 Å². The molecule has 0 N–H and O–H groups in total. The van der Waals surface area contributed by atoms with E-state index in [4.69, 9.17) is 4.98 Å². The number of aryl methyl sites for hydroxylation is 1. The van der Waals surface area contributed by atoms with Crippen LogP contribution >= 0.6 is 0 Å². The second kappa shape index (κ2) is 6.13. The summed E-state index contributed by atoms with van der Waals surface area (Å²) in [5.74, 6) is 0. The number of para-hydroxylation sites is 1. The molecule has 2 aromatic carbocycles. The highest BCUT2D eigenvalue weighted by Crippen LogP contribution is 2.21. The van der Waals surface area contributed by atoms with Crippen LogP contribution in [0.4, 0.5) is 0 Å². The molecule has 116 valence electrons. The maximum atomic E-state index is 4.90. The largest absolute Gasteiger partial charge is 0.298 e. The molecule has 4 rings (SSSR count). The van der Waals surface area contributed by atoms with E-state index in [9.17, 15) is 0 Å². The van der Waals surface area contributed by atoms with E-state index < -0.39 is 0 Å². The van der Waals surface area contributed by atoms with Crippen LogP contribution in [0.3, 0.4) is 0 Å². The fourth-order valence-corrected chi connectivity index (χ4v) is 3.40. The number of pyridine rings is 1. The van der Waals surface area contributed by atoms with Gasteiger partial charge < -0.3 is 0 Å². The Kier molecular flexibility index (Phi) is 3.84. The van der Waals surface area contributed by atoms with Crippen molar-refractivity contribution in [2.45, 2.75) is 26.3 Å². The van der Waals surface area contributed by atoms with Crippen LogP contribution in [0, 0.1) is 6.92 Å². The molecule has 2 nitrogen and oxygen atoms in total.